The van der Waals surface area contributed by atoms with E-state index in [2.05, 4.69) is 10.3 Å². The maximum Gasteiger partial charge on any atom is 0.230 e. The van der Waals surface area contributed by atoms with E-state index >= 15 is 0 Å². The van der Waals surface area contributed by atoms with E-state index in [0.717, 1.165) is 5.65 Å². The molecule has 112 valence electrons. The second-order valence-electron chi connectivity index (χ2n) is 4.77. The van der Waals surface area contributed by atoms with Gasteiger partial charge in [0, 0.05) is 18.1 Å². The quantitative estimate of drug-likeness (QED) is 0.804. The second-order valence-corrected chi connectivity index (χ2v) is 5.18. The minimum atomic E-state index is -0.148. The van der Waals surface area contributed by atoms with Crippen molar-refractivity contribution in [2.45, 2.75) is 6.42 Å². The molecule has 2 heterocycles. The van der Waals surface area contributed by atoms with Crippen molar-refractivity contribution >= 4 is 28.8 Å². The van der Waals surface area contributed by atoms with Crippen LogP contribution in [0.2, 0.25) is 5.02 Å². The molecule has 6 heteroatoms. The fourth-order valence-corrected chi connectivity index (χ4v) is 2.44. The van der Waals surface area contributed by atoms with Crippen molar-refractivity contribution in [1.29, 1.82) is 0 Å². The topological polar surface area (TPSA) is 55.6 Å². The third kappa shape index (κ3) is 3.04. The van der Waals surface area contributed by atoms with Gasteiger partial charge >= 0.3 is 0 Å². The summed E-state index contributed by atoms with van der Waals surface area (Å²) in [6.07, 6.45) is 3.94. The van der Waals surface area contributed by atoms with Crippen molar-refractivity contribution in [2.75, 3.05) is 12.4 Å². The van der Waals surface area contributed by atoms with Gasteiger partial charge in [-0.1, -0.05) is 17.7 Å². The van der Waals surface area contributed by atoms with E-state index in [4.69, 9.17) is 16.3 Å². The van der Waals surface area contributed by atoms with Crippen LogP contribution in [0.3, 0.4) is 0 Å². The summed E-state index contributed by atoms with van der Waals surface area (Å²) in [6, 6.07) is 10.8. The number of pyridine rings is 1. The zero-order valence-corrected chi connectivity index (χ0v) is 12.7. The van der Waals surface area contributed by atoms with Crippen LogP contribution in [0.5, 0.6) is 5.75 Å². The smallest absolute Gasteiger partial charge is 0.230 e. The number of anilines is 1. The molecule has 1 aromatic carbocycles. The van der Waals surface area contributed by atoms with Gasteiger partial charge in [0.05, 0.1) is 24.2 Å². The molecule has 1 amide bonds. The van der Waals surface area contributed by atoms with Crippen LogP contribution in [-0.2, 0) is 11.2 Å². The zero-order valence-electron chi connectivity index (χ0n) is 11.9. The van der Waals surface area contributed by atoms with Crippen molar-refractivity contribution in [3.63, 3.8) is 0 Å². The number of methoxy groups -OCH3 is 1. The average molecular weight is 316 g/mol. The summed E-state index contributed by atoms with van der Waals surface area (Å²) in [7, 11) is 1.54. The highest BCUT2D eigenvalue weighted by Crippen LogP contribution is 2.27. The van der Waals surface area contributed by atoms with Gasteiger partial charge in [-0.3, -0.25) is 4.79 Å². The molecule has 0 saturated heterocycles. The highest BCUT2D eigenvalue weighted by atomic mass is 35.5. The second kappa shape index (κ2) is 6.07. The number of carbonyl (C=O) groups excluding carboxylic acids is 1. The molecule has 0 radical (unpaired) electrons. The van der Waals surface area contributed by atoms with Crippen molar-refractivity contribution in [1.82, 2.24) is 9.38 Å². The Morgan fingerprint density at radius 3 is 2.95 bits per heavy atom. The van der Waals surface area contributed by atoms with E-state index in [9.17, 15) is 4.79 Å². The Morgan fingerprint density at radius 1 is 1.36 bits per heavy atom. The number of ether oxygens (including phenoxy) is 1. The van der Waals surface area contributed by atoms with Crippen molar-refractivity contribution < 1.29 is 9.53 Å². The standard InChI is InChI=1S/C16H14ClN3O2/c1-22-14-6-5-11(8-13(14)17)19-16(21)9-12-10-20-7-3-2-4-15(20)18-12/h2-8,10H,9H2,1H3,(H,19,21). The first-order valence-electron chi connectivity index (χ1n) is 6.72. The molecule has 0 fully saturated rings. The number of carbonyl (C=O) groups is 1. The van der Waals surface area contributed by atoms with Crippen molar-refractivity contribution in [3.8, 4) is 5.75 Å². The van der Waals surface area contributed by atoms with Gasteiger partial charge in [0.25, 0.3) is 0 Å². The minimum absolute atomic E-state index is 0.148. The molecule has 0 aliphatic carbocycles. The summed E-state index contributed by atoms with van der Waals surface area (Å²) in [6.45, 7) is 0. The molecular formula is C16H14ClN3O2. The first-order chi connectivity index (χ1) is 10.7. The van der Waals surface area contributed by atoms with E-state index in [1.54, 1.807) is 25.3 Å². The predicted molar refractivity (Wildman–Crippen MR) is 85.5 cm³/mol. The first kappa shape index (κ1) is 14.4. The lowest BCUT2D eigenvalue weighted by atomic mass is 10.2. The number of amides is 1. The number of benzene rings is 1. The Hall–Kier alpha value is -2.53. The molecule has 0 unspecified atom stereocenters. The van der Waals surface area contributed by atoms with Crippen LogP contribution in [0.1, 0.15) is 5.69 Å². The molecule has 0 bridgehead atoms. The Labute approximate surface area is 132 Å². The van der Waals surface area contributed by atoms with Crippen LogP contribution >= 0.6 is 11.6 Å². The zero-order chi connectivity index (χ0) is 15.5. The number of nitrogens with zero attached hydrogens (tertiary/aromatic N) is 2. The Balaban J connectivity index is 1.70. The van der Waals surface area contributed by atoms with E-state index in [1.807, 2.05) is 35.0 Å². The number of aromatic nitrogens is 2. The lowest BCUT2D eigenvalue weighted by molar-refractivity contribution is -0.115. The number of nitrogens with one attached hydrogen (secondary N) is 1. The summed E-state index contributed by atoms with van der Waals surface area (Å²) in [5.41, 5.74) is 2.15. The van der Waals surface area contributed by atoms with Gasteiger partial charge in [-0.25, -0.2) is 4.98 Å². The summed E-state index contributed by atoms with van der Waals surface area (Å²) in [5.74, 6) is 0.421. The molecule has 1 N–H and O–H groups in total. The number of rotatable bonds is 4. The molecule has 5 nitrogen and oxygen atoms in total. The maximum atomic E-state index is 12.1. The van der Waals surface area contributed by atoms with Gasteiger partial charge < -0.3 is 14.5 Å². The van der Waals surface area contributed by atoms with Crippen LogP contribution in [0.25, 0.3) is 5.65 Å². The van der Waals surface area contributed by atoms with Gasteiger partial charge in [0.1, 0.15) is 11.4 Å². The predicted octanol–water partition coefficient (Wildman–Crippen LogP) is 3.18. The largest absolute Gasteiger partial charge is 0.495 e. The normalized spacial score (nSPS) is 10.6. The fraction of sp³-hybridized carbons (Fsp3) is 0.125. The Kier molecular flexibility index (Phi) is 3.98. The molecule has 3 aromatic rings. The Morgan fingerprint density at radius 2 is 2.23 bits per heavy atom. The summed E-state index contributed by atoms with van der Waals surface area (Å²) < 4.78 is 6.96. The number of hydrogen-bond donors (Lipinski definition) is 1. The highest BCUT2D eigenvalue weighted by Gasteiger charge is 2.09. The van der Waals surface area contributed by atoms with E-state index in [0.29, 0.717) is 22.2 Å². The summed E-state index contributed by atoms with van der Waals surface area (Å²) in [5, 5.41) is 3.25. The van der Waals surface area contributed by atoms with Gasteiger partial charge in [0.15, 0.2) is 0 Å². The number of fused-ring (bicyclic) bond motifs is 1. The molecule has 3 rings (SSSR count). The van der Waals surface area contributed by atoms with E-state index < -0.39 is 0 Å². The van der Waals surface area contributed by atoms with Gasteiger partial charge in [-0.15, -0.1) is 0 Å². The fourth-order valence-electron chi connectivity index (χ4n) is 2.19. The third-order valence-corrected chi connectivity index (χ3v) is 3.49. The van der Waals surface area contributed by atoms with E-state index in [-0.39, 0.29) is 12.3 Å². The Bertz CT molecular complexity index is 796. The molecule has 22 heavy (non-hydrogen) atoms. The van der Waals surface area contributed by atoms with Gasteiger partial charge in [-0.05, 0) is 30.3 Å². The third-order valence-electron chi connectivity index (χ3n) is 3.19. The van der Waals surface area contributed by atoms with Gasteiger partial charge in [-0.2, -0.15) is 0 Å². The minimum Gasteiger partial charge on any atom is -0.495 e. The monoisotopic (exact) mass is 315 g/mol. The highest BCUT2D eigenvalue weighted by molar-refractivity contribution is 6.32. The van der Waals surface area contributed by atoms with Crippen molar-refractivity contribution in [3.05, 3.63) is 59.5 Å². The van der Waals surface area contributed by atoms with Crippen LogP contribution in [0.4, 0.5) is 5.69 Å². The lowest BCUT2D eigenvalue weighted by Crippen LogP contribution is -2.14. The molecule has 0 aliphatic heterocycles. The molecule has 0 aliphatic rings. The number of imidazole rings is 1. The van der Waals surface area contributed by atoms with Crippen LogP contribution in [0.15, 0.2) is 48.8 Å². The molecular weight excluding hydrogens is 302 g/mol. The molecule has 0 saturated carbocycles. The molecule has 0 atom stereocenters. The van der Waals surface area contributed by atoms with Crippen LogP contribution in [0, 0.1) is 0 Å². The number of halogens is 1. The van der Waals surface area contributed by atoms with Gasteiger partial charge in [0.2, 0.25) is 5.91 Å². The number of hydrogen-bond acceptors (Lipinski definition) is 3. The van der Waals surface area contributed by atoms with Crippen molar-refractivity contribution in [2.24, 2.45) is 0 Å². The average Bonchev–Trinajstić information content (AvgIpc) is 2.89. The summed E-state index contributed by atoms with van der Waals surface area (Å²) >= 11 is 6.03. The van der Waals surface area contributed by atoms with Crippen LogP contribution in [-0.4, -0.2) is 22.4 Å². The van der Waals surface area contributed by atoms with E-state index in [1.165, 1.54) is 0 Å². The first-order valence-corrected chi connectivity index (χ1v) is 7.09. The lowest BCUT2D eigenvalue weighted by Gasteiger charge is -2.07. The SMILES string of the molecule is COc1ccc(NC(=O)Cc2cn3ccccc3n2)cc1Cl. The van der Waals surface area contributed by atoms with Crippen LogP contribution < -0.4 is 10.1 Å². The molecule has 0 spiro atoms. The summed E-state index contributed by atoms with van der Waals surface area (Å²) in [4.78, 5) is 16.5. The molecule has 2 aromatic heterocycles. The maximum absolute atomic E-state index is 12.1.